The third-order valence-electron chi connectivity index (χ3n) is 2.50. The van der Waals surface area contributed by atoms with Crippen LogP contribution in [0, 0.1) is 0 Å². The Bertz CT molecular complexity index is 435. The molecule has 1 heterocycles. The third-order valence-corrected chi connectivity index (χ3v) is 2.50. The normalized spacial score (nSPS) is 18.6. The predicted molar refractivity (Wildman–Crippen MR) is 62.5 cm³/mol. The van der Waals surface area contributed by atoms with E-state index in [0.717, 1.165) is 0 Å². The van der Waals surface area contributed by atoms with Crippen molar-refractivity contribution in [2.24, 2.45) is 0 Å². The number of carbonyl (C=O) groups is 2. The molecule has 0 spiro atoms. The number of carboxylic acid groups (broad SMARTS) is 1. The first kappa shape index (κ1) is 13.3. The lowest BCUT2D eigenvalue weighted by atomic mass is 9.98. The maximum Gasteiger partial charge on any atom is 0.407 e. The Morgan fingerprint density at radius 3 is 2.76 bits per heavy atom. The second-order valence-corrected chi connectivity index (χ2v) is 3.51. The van der Waals surface area contributed by atoms with Gasteiger partial charge in [0.15, 0.2) is 0 Å². The molecule has 5 nitrogen and oxygen atoms in total. The molecule has 0 aliphatic carbocycles. The summed E-state index contributed by atoms with van der Waals surface area (Å²) in [7, 11) is 0. The van der Waals surface area contributed by atoms with Crippen molar-refractivity contribution in [2.75, 3.05) is 6.61 Å². The van der Waals surface area contributed by atoms with Crippen LogP contribution in [0.4, 0.5) is 4.79 Å². The Hall–Kier alpha value is -1.75. The molecule has 1 aromatic rings. The predicted octanol–water partition coefficient (Wildman–Crippen LogP) is 1.98. The van der Waals surface area contributed by atoms with E-state index in [2.05, 4.69) is 5.32 Å². The molecule has 0 saturated carbocycles. The van der Waals surface area contributed by atoms with E-state index in [-0.39, 0.29) is 24.0 Å². The van der Waals surface area contributed by atoms with Gasteiger partial charge in [0, 0.05) is 6.42 Å². The third kappa shape index (κ3) is 2.88. The summed E-state index contributed by atoms with van der Waals surface area (Å²) in [5.74, 6) is -0.989. The maximum atomic E-state index is 11.0. The van der Waals surface area contributed by atoms with Crippen molar-refractivity contribution in [1.29, 1.82) is 0 Å². The Morgan fingerprint density at radius 1 is 1.41 bits per heavy atom. The molecule has 0 aromatic heterocycles. The number of hydrogen-bond donors (Lipinski definition) is 2. The van der Waals surface area contributed by atoms with Crippen molar-refractivity contribution in [2.45, 2.75) is 12.5 Å². The molecule has 1 aromatic carbocycles. The Balaban J connectivity index is 0.00000144. The summed E-state index contributed by atoms with van der Waals surface area (Å²) >= 11 is 0. The molecule has 1 fully saturated rings. The zero-order valence-electron chi connectivity index (χ0n) is 8.88. The minimum Gasteiger partial charge on any atom is -0.478 e. The van der Waals surface area contributed by atoms with Crippen LogP contribution < -0.4 is 5.32 Å². The average molecular weight is 258 g/mol. The fourth-order valence-electron chi connectivity index (χ4n) is 1.75. The molecule has 1 aliphatic rings. The molecule has 1 atom stereocenters. The summed E-state index contributed by atoms with van der Waals surface area (Å²) in [6, 6.07) is 6.37. The number of carboxylic acids is 1. The molecule has 2 rings (SSSR count). The zero-order valence-corrected chi connectivity index (χ0v) is 9.70. The molecule has 0 bridgehead atoms. The highest BCUT2D eigenvalue weighted by Gasteiger charge is 2.24. The van der Waals surface area contributed by atoms with E-state index < -0.39 is 12.1 Å². The number of nitrogens with one attached hydrogen (secondary N) is 1. The van der Waals surface area contributed by atoms with Crippen LogP contribution in [0.15, 0.2) is 24.3 Å². The van der Waals surface area contributed by atoms with E-state index in [1.807, 2.05) is 0 Å². The SMILES string of the molecule is Cl.O=C1N[C@H](c2ccccc2C(=O)O)CCO1. The molecule has 0 unspecified atom stereocenters. The topological polar surface area (TPSA) is 75.6 Å². The number of amides is 1. The van der Waals surface area contributed by atoms with E-state index in [4.69, 9.17) is 9.84 Å². The lowest BCUT2D eigenvalue weighted by molar-refractivity contribution is 0.0691. The Morgan fingerprint density at radius 2 is 2.12 bits per heavy atom. The van der Waals surface area contributed by atoms with Crippen molar-refractivity contribution < 1.29 is 19.4 Å². The van der Waals surface area contributed by atoms with Gasteiger partial charge in [-0.05, 0) is 11.6 Å². The van der Waals surface area contributed by atoms with Crippen LogP contribution in [0.2, 0.25) is 0 Å². The highest BCUT2D eigenvalue weighted by molar-refractivity contribution is 5.89. The zero-order chi connectivity index (χ0) is 11.5. The van der Waals surface area contributed by atoms with E-state index in [9.17, 15) is 9.59 Å². The van der Waals surface area contributed by atoms with Crippen molar-refractivity contribution in [3.05, 3.63) is 35.4 Å². The minimum atomic E-state index is -0.989. The number of halogens is 1. The number of alkyl carbamates (subject to hydrolysis) is 1. The first-order valence-electron chi connectivity index (χ1n) is 4.94. The highest BCUT2D eigenvalue weighted by Crippen LogP contribution is 2.23. The maximum absolute atomic E-state index is 11.0. The van der Waals surface area contributed by atoms with Gasteiger partial charge < -0.3 is 15.2 Å². The van der Waals surface area contributed by atoms with Gasteiger partial charge in [0.1, 0.15) is 0 Å². The van der Waals surface area contributed by atoms with Gasteiger partial charge in [-0.3, -0.25) is 0 Å². The summed E-state index contributed by atoms with van der Waals surface area (Å²) in [6.45, 7) is 0.310. The minimum absolute atomic E-state index is 0. The molecule has 17 heavy (non-hydrogen) atoms. The van der Waals surface area contributed by atoms with Crippen LogP contribution in [-0.2, 0) is 4.74 Å². The van der Waals surface area contributed by atoms with Crippen molar-refractivity contribution >= 4 is 24.5 Å². The van der Waals surface area contributed by atoms with Crippen molar-refractivity contribution in [3.8, 4) is 0 Å². The summed E-state index contributed by atoms with van der Waals surface area (Å²) in [4.78, 5) is 22.0. The smallest absolute Gasteiger partial charge is 0.407 e. The molecule has 2 N–H and O–H groups in total. The van der Waals surface area contributed by atoms with Gasteiger partial charge in [-0.2, -0.15) is 0 Å². The number of cyclic esters (lactones) is 1. The first-order valence-corrected chi connectivity index (χ1v) is 4.94. The monoisotopic (exact) mass is 257 g/mol. The van der Waals surface area contributed by atoms with Crippen molar-refractivity contribution in [1.82, 2.24) is 5.32 Å². The lowest BCUT2D eigenvalue weighted by Crippen LogP contribution is -2.36. The number of carbonyl (C=O) groups excluding carboxylic acids is 1. The van der Waals surface area contributed by atoms with Gasteiger partial charge in [-0.25, -0.2) is 9.59 Å². The van der Waals surface area contributed by atoms with Gasteiger partial charge in [-0.15, -0.1) is 12.4 Å². The molecule has 1 aliphatic heterocycles. The van der Waals surface area contributed by atoms with Crippen LogP contribution in [0.5, 0.6) is 0 Å². The van der Waals surface area contributed by atoms with E-state index >= 15 is 0 Å². The summed E-state index contributed by atoms with van der Waals surface area (Å²) in [5.41, 5.74) is 0.835. The number of ether oxygens (including phenoxy) is 1. The quantitative estimate of drug-likeness (QED) is 0.849. The molecule has 92 valence electrons. The fraction of sp³-hybridized carbons (Fsp3) is 0.273. The molecule has 1 amide bonds. The van der Waals surface area contributed by atoms with Gasteiger partial charge in [-0.1, -0.05) is 18.2 Å². The van der Waals surface area contributed by atoms with Crippen LogP contribution in [0.1, 0.15) is 28.4 Å². The fourth-order valence-corrected chi connectivity index (χ4v) is 1.75. The first-order chi connectivity index (χ1) is 7.68. The van der Waals surface area contributed by atoms with Gasteiger partial charge in [0.05, 0.1) is 18.2 Å². The van der Waals surface area contributed by atoms with E-state index in [1.54, 1.807) is 18.2 Å². The second kappa shape index (κ2) is 5.54. The molecular formula is C11H12ClNO4. The van der Waals surface area contributed by atoms with Crippen LogP contribution in [0.25, 0.3) is 0 Å². The summed E-state index contributed by atoms with van der Waals surface area (Å²) in [5, 5.41) is 11.6. The van der Waals surface area contributed by atoms with Crippen LogP contribution in [-0.4, -0.2) is 23.8 Å². The van der Waals surface area contributed by atoms with Crippen LogP contribution in [0.3, 0.4) is 0 Å². The molecule has 1 saturated heterocycles. The largest absolute Gasteiger partial charge is 0.478 e. The second-order valence-electron chi connectivity index (χ2n) is 3.51. The molecule has 0 radical (unpaired) electrons. The summed E-state index contributed by atoms with van der Waals surface area (Å²) in [6.07, 6.45) is 0.0761. The highest BCUT2D eigenvalue weighted by atomic mass is 35.5. The van der Waals surface area contributed by atoms with Gasteiger partial charge >= 0.3 is 12.1 Å². The molecule has 6 heteroatoms. The van der Waals surface area contributed by atoms with Gasteiger partial charge in [0.2, 0.25) is 0 Å². The molecular weight excluding hydrogens is 246 g/mol. The van der Waals surface area contributed by atoms with E-state index in [1.165, 1.54) is 6.07 Å². The standard InChI is InChI=1S/C11H11NO4.ClH/c13-10(14)8-4-2-1-3-7(8)9-5-6-16-11(15)12-9;/h1-4,9H,5-6H2,(H,12,15)(H,13,14);1H/t9-;/m0./s1. The number of hydrogen-bond acceptors (Lipinski definition) is 3. The number of aromatic carboxylic acids is 1. The average Bonchev–Trinajstić information content (AvgIpc) is 2.29. The van der Waals surface area contributed by atoms with E-state index in [0.29, 0.717) is 18.6 Å². The van der Waals surface area contributed by atoms with Gasteiger partial charge in [0.25, 0.3) is 0 Å². The Labute approximate surface area is 104 Å². The Kier molecular flexibility index (Phi) is 4.34. The van der Waals surface area contributed by atoms with Crippen molar-refractivity contribution in [3.63, 3.8) is 0 Å². The number of benzene rings is 1. The number of rotatable bonds is 2. The summed E-state index contributed by atoms with van der Waals surface area (Å²) < 4.78 is 4.73. The lowest BCUT2D eigenvalue weighted by Gasteiger charge is -2.24. The van der Waals surface area contributed by atoms with Crippen LogP contribution >= 0.6 is 12.4 Å².